The van der Waals surface area contributed by atoms with E-state index in [0.29, 0.717) is 0 Å². The second-order valence-corrected chi connectivity index (χ2v) is 1.50. The highest BCUT2D eigenvalue weighted by atomic mass is 28.2. The van der Waals surface area contributed by atoms with Crippen molar-refractivity contribution >= 4 is 9.52 Å². The van der Waals surface area contributed by atoms with Gasteiger partial charge in [0.25, 0.3) is 0 Å². The largest absolute Gasteiger partial charge is 0.412 e. The van der Waals surface area contributed by atoms with E-state index in [4.69, 9.17) is 0 Å². The van der Waals surface area contributed by atoms with Gasteiger partial charge < -0.3 is 5.48 Å². The van der Waals surface area contributed by atoms with Crippen molar-refractivity contribution in [3.8, 4) is 0 Å². The van der Waals surface area contributed by atoms with Crippen molar-refractivity contribution in [2.45, 2.75) is 13.1 Å². The molecular formula is C2H8OSi. The molecule has 0 unspecified atom stereocenters. The minimum atomic E-state index is 0. The summed E-state index contributed by atoms with van der Waals surface area (Å²) in [5.74, 6) is 0. The van der Waals surface area contributed by atoms with Crippen molar-refractivity contribution in [2.24, 2.45) is 0 Å². The van der Waals surface area contributed by atoms with E-state index in [1.807, 2.05) is 0 Å². The quantitative estimate of drug-likeness (QED) is 0.363. The van der Waals surface area contributed by atoms with Crippen molar-refractivity contribution in [3.05, 3.63) is 0 Å². The summed E-state index contributed by atoms with van der Waals surface area (Å²) in [5, 5.41) is 0. The van der Waals surface area contributed by atoms with Crippen molar-refractivity contribution in [2.75, 3.05) is 0 Å². The van der Waals surface area contributed by atoms with Crippen LogP contribution in [-0.4, -0.2) is 15.0 Å². The molecule has 0 aliphatic carbocycles. The Labute approximate surface area is 29.2 Å². The molecule has 0 heterocycles. The summed E-state index contributed by atoms with van der Waals surface area (Å²) >= 11 is 0. The molecule has 0 atom stereocenters. The van der Waals surface area contributed by atoms with E-state index in [0.717, 1.165) is 9.52 Å². The Morgan fingerprint density at radius 2 is 1.25 bits per heavy atom. The predicted octanol–water partition coefficient (Wildman–Crippen LogP) is -0.0379. The lowest BCUT2D eigenvalue weighted by atomic mass is 11.9. The van der Waals surface area contributed by atoms with Crippen LogP contribution in [0.1, 0.15) is 0 Å². The number of rotatable bonds is 0. The van der Waals surface area contributed by atoms with Gasteiger partial charge in [-0.2, -0.15) is 0 Å². The summed E-state index contributed by atoms with van der Waals surface area (Å²) in [6, 6.07) is 0. The first-order valence-electron chi connectivity index (χ1n) is 1.00. The normalized spacial score (nSPS) is 4.50. The maximum absolute atomic E-state index is 2.15. The molecule has 0 aliphatic rings. The second kappa shape index (κ2) is 10.9. The Morgan fingerprint density at radius 1 is 1.25 bits per heavy atom. The summed E-state index contributed by atoms with van der Waals surface area (Å²) in [5.41, 5.74) is 0. The lowest BCUT2D eigenvalue weighted by Gasteiger charge is -1.44. The van der Waals surface area contributed by atoms with Crippen molar-refractivity contribution in [1.29, 1.82) is 0 Å². The summed E-state index contributed by atoms with van der Waals surface area (Å²) in [4.78, 5) is 0. The van der Waals surface area contributed by atoms with Crippen LogP contribution in [0.25, 0.3) is 0 Å². The van der Waals surface area contributed by atoms with Gasteiger partial charge in [0.2, 0.25) is 0 Å². The van der Waals surface area contributed by atoms with Gasteiger partial charge in [0.05, 0.1) is 0 Å². The van der Waals surface area contributed by atoms with Crippen LogP contribution in [-0.2, 0) is 0 Å². The van der Waals surface area contributed by atoms with Crippen LogP contribution < -0.4 is 0 Å². The van der Waals surface area contributed by atoms with Gasteiger partial charge in [-0.15, -0.1) is 0 Å². The maximum atomic E-state index is 2.15. The molecule has 0 spiro atoms. The van der Waals surface area contributed by atoms with Crippen LogP contribution in [0.5, 0.6) is 0 Å². The van der Waals surface area contributed by atoms with Gasteiger partial charge in [-0.3, -0.25) is 0 Å². The molecule has 0 aromatic rings. The Kier molecular flexibility index (Phi) is 24.2. The van der Waals surface area contributed by atoms with E-state index in [2.05, 4.69) is 13.1 Å². The van der Waals surface area contributed by atoms with E-state index in [9.17, 15) is 0 Å². The van der Waals surface area contributed by atoms with E-state index >= 15 is 0 Å². The van der Waals surface area contributed by atoms with E-state index in [1.165, 1.54) is 0 Å². The summed E-state index contributed by atoms with van der Waals surface area (Å²) < 4.78 is 0. The smallest absolute Gasteiger partial charge is 0.0307 e. The zero-order valence-electron chi connectivity index (χ0n) is 3.00. The van der Waals surface area contributed by atoms with Gasteiger partial charge in [0.1, 0.15) is 0 Å². The summed E-state index contributed by atoms with van der Waals surface area (Å²) in [7, 11) is 1.08. The molecule has 0 aromatic heterocycles. The molecule has 0 rings (SSSR count). The van der Waals surface area contributed by atoms with E-state index in [-0.39, 0.29) is 5.48 Å². The highest BCUT2D eigenvalue weighted by molar-refractivity contribution is 6.31. The van der Waals surface area contributed by atoms with E-state index < -0.39 is 0 Å². The third-order valence-electron chi connectivity index (χ3n) is 0. The van der Waals surface area contributed by atoms with Crippen LogP contribution in [0.2, 0.25) is 13.1 Å². The van der Waals surface area contributed by atoms with Crippen LogP contribution in [0, 0.1) is 0 Å². The highest BCUT2D eigenvalue weighted by Gasteiger charge is 1.39. The van der Waals surface area contributed by atoms with Gasteiger partial charge in [0.15, 0.2) is 0 Å². The molecule has 2 heteroatoms. The van der Waals surface area contributed by atoms with Gasteiger partial charge >= 0.3 is 0 Å². The monoisotopic (exact) mass is 76.0 g/mol. The number of hydrogen-bond donors (Lipinski definition) is 0. The molecule has 0 aliphatic heterocycles. The first-order chi connectivity index (χ1) is 1.41. The zero-order chi connectivity index (χ0) is 2.71. The molecule has 0 aromatic carbocycles. The van der Waals surface area contributed by atoms with Gasteiger partial charge in [-0.25, -0.2) is 0 Å². The van der Waals surface area contributed by atoms with Gasteiger partial charge in [0, 0.05) is 9.52 Å². The second-order valence-electron chi connectivity index (χ2n) is 0.500. The van der Waals surface area contributed by atoms with Crippen LogP contribution >= 0.6 is 0 Å². The molecule has 2 radical (unpaired) electrons. The molecule has 0 saturated heterocycles. The third kappa shape index (κ3) is 96.4. The SMILES string of the molecule is C[Si]C.O. The maximum Gasteiger partial charge on any atom is 0.0307 e. The zero-order valence-corrected chi connectivity index (χ0v) is 4.00. The predicted molar refractivity (Wildman–Crippen MR) is 21.1 cm³/mol. The lowest BCUT2D eigenvalue weighted by Crippen LogP contribution is -1.53. The Morgan fingerprint density at radius 3 is 1.25 bits per heavy atom. The van der Waals surface area contributed by atoms with E-state index in [1.54, 1.807) is 0 Å². The molecule has 26 valence electrons. The molecule has 1 nitrogen and oxygen atoms in total. The number of hydrogen-bond acceptors (Lipinski definition) is 0. The standard InChI is InChI=1S/C2H6Si.H2O/c1-3-2;/h1-2H3;1H2. The average Bonchev–Trinajstić information content (AvgIpc) is 0.918. The van der Waals surface area contributed by atoms with Crippen LogP contribution in [0.3, 0.4) is 0 Å². The highest BCUT2D eigenvalue weighted by Crippen LogP contribution is 1.36. The van der Waals surface area contributed by atoms with Gasteiger partial charge in [-0.1, -0.05) is 13.1 Å². The molecule has 0 amide bonds. The minimum absolute atomic E-state index is 0. The molecular weight excluding hydrogens is 68.1 g/mol. The average molecular weight is 76.2 g/mol. The Bertz CT molecular complexity index is 6.00. The summed E-state index contributed by atoms with van der Waals surface area (Å²) in [6.07, 6.45) is 0. The summed E-state index contributed by atoms with van der Waals surface area (Å²) in [6.45, 7) is 4.31. The Hall–Kier alpha value is 0.177. The molecule has 0 fully saturated rings. The Balaban J connectivity index is 0. The molecule has 0 bridgehead atoms. The van der Waals surface area contributed by atoms with Gasteiger partial charge in [-0.05, 0) is 0 Å². The van der Waals surface area contributed by atoms with Crippen LogP contribution in [0.4, 0.5) is 0 Å². The first-order valence-corrected chi connectivity index (χ1v) is 3.00. The molecule has 0 saturated carbocycles. The van der Waals surface area contributed by atoms with Crippen molar-refractivity contribution < 1.29 is 5.48 Å². The van der Waals surface area contributed by atoms with Crippen molar-refractivity contribution in [1.82, 2.24) is 0 Å². The third-order valence-corrected chi connectivity index (χ3v) is 0. The first kappa shape index (κ1) is 8.90. The lowest BCUT2D eigenvalue weighted by molar-refractivity contribution is 0.824. The fraction of sp³-hybridized carbons (Fsp3) is 1.00. The minimum Gasteiger partial charge on any atom is -0.412 e. The topological polar surface area (TPSA) is 31.5 Å². The fourth-order valence-electron chi connectivity index (χ4n) is 0. The van der Waals surface area contributed by atoms with Crippen molar-refractivity contribution in [3.63, 3.8) is 0 Å². The fourth-order valence-corrected chi connectivity index (χ4v) is 0. The molecule has 4 heavy (non-hydrogen) atoms. The molecule has 2 N–H and O–H groups in total. The van der Waals surface area contributed by atoms with Crippen LogP contribution in [0.15, 0.2) is 0 Å².